The Bertz CT molecular complexity index is 963. The first-order chi connectivity index (χ1) is 12.2. The highest BCUT2D eigenvalue weighted by Crippen LogP contribution is 2.23. The Hall–Kier alpha value is -3.58. The average Bonchev–Trinajstić information content (AvgIpc) is 3.09. The van der Waals surface area contributed by atoms with Crippen LogP contribution in [0.5, 0.6) is 0 Å². The molecule has 2 aromatic carbocycles. The highest BCUT2D eigenvalue weighted by atomic mass is 16.3. The van der Waals surface area contributed by atoms with Gasteiger partial charge in [-0.05, 0) is 36.8 Å². The van der Waals surface area contributed by atoms with Crippen LogP contribution in [0.25, 0.3) is 17.4 Å². The molecule has 0 atom stereocenters. The zero-order valence-corrected chi connectivity index (χ0v) is 13.7. The molecule has 0 spiro atoms. The van der Waals surface area contributed by atoms with Crippen LogP contribution in [0.2, 0.25) is 0 Å². The van der Waals surface area contributed by atoms with E-state index in [0.29, 0.717) is 17.2 Å². The molecule has 4 heteroatoms. The number of hydrogen-bond donors (Lipinski definition) is 1. The second-order valence-corrected chi connectivity index (χ2v) is 5.56. The standard InChI is InChI=1S/C21H16N2O2/c1-15-6-5-9-18(12-15)23-21(24)17(14-22)13-19-10-11-20(25-19)16-7-3-2-4-8-16/h2-13H,1H3,(H,23,24). The number of aryl methyl sites for hydroxylation is 1. The van der Waals surface area contributed by atoms with E-state index in [9.17, 15) is 10.1 Å². The van der Waals surface area contributed by atoms with Crippen molar-refractivity contribution >= 4 is 17.7 Å². The second-order valence-electron chi connectivity index (χ2n) is 5.56. The number of rotatable bonds is 4. The minimum atomic E-state index is -0.467. The molecule has 1 amide bonds. The number of hydrogen-bond acceptors (Lipinski definition) is 3. The molecule has 1 aromatic heterocycles. The van der Waals surface area contributed by atoms with E-state index in [4.69, 9.17) is 4.42 Å². The quantitative estimate of drug-likeness (QED) is 0.552. The fraction of sp³-hybridized carbons (Fsp3) is 0.0476. The van der Waals surface area contributed by atoms with E-state index < -0.39 is 5.91 Å². The van der Waals surface area contributed by atoms with Gasteiger partial charge in [-0.3, -0.25) is 4.79 Å². The first-order valence-corrected chi connectivity index (χ1v) is 7.81. The lowest BCUT2D eigenvalue weighted by atomic mass is 10.2. The molecule has 122 valence electrons. The maximum atomic E-state index is 12.3. The smallest absolute Gasteiger partial charge is 0.266 e. The summed E-state index contributed by atoms with van der Waals surface area (Å²) in [7, 11) is 0. The molecule has 3 rings (SSSR count). The molecule has 0 aliphatic carbocycles. The summed E-state index contributed by atoms with van der Waals surface area (Å²) in [5.41, 5.74) is 2.59. The molecule has 0 saturated carbocycles. The normalized spacial score (nSPS) is 11.0. The van der Waals surface area contributed by atoms with Crippen molar-refractivity contribution in [1.82, 2.24) is 0 Å². The molecule has 0 bridgehead atoms. The first kappa shape index (κ1) is 16.3. The van der Waals surface area contributed by atoms with Crippen molar-refractivity contribution in [2.75, 3.05) is 5.32 Å². The van der Waals surface area contributed by atoms with E-state index in [1.54, 1.807) is 12.1 Å². The van der Waals surface area contributed by atoms with Crippen LogP contribution in [0.1, 0.15) is 11.3 Å². The molecule has 1 heterocycles. The summed E-state index contributed by atoms with van der Waals surface area (Å²) in [6.45, 7) is 1.94. The number of furan rings is 1. The number of nitriles is 1. The van der Waals surface area contributed by atoms with Gasteiger partial charge in [0, 0.05) is 17.3 Å². The lowest BCUT2D eigenvalue weighted by Crippen LogP contribution is -2.13. The maximum Gasteiger partial charge on any atom is 0.266 e. The summed E-state index contributed by atoms with van der Waals surface area (Å²) in [5.74, 6) is 0.670. The maximum absolute atomic E-state index is 12.3. The fourth-order valence-electron chi connectivity index (χ4n) is 2.40. The van der Waals surface area contributed by atoms with Gasteiger partial charge in [-0.2, -0.15) is 5.26 Å². The van der Waals surface area contributed by atoms with Crippen molar-refractivity contribution in [2.24, 2.45) is 0 Å². The van der Waals surface area contributed by atoms with Crippen LogP contribution in [-0.4, -0.2) is 5.91 Å². The Morgan fingerprint density at radius 2 is 1.88 bits per heavy atom. The number of carbonyl (C=O) groups excluding carboxylic acids is 1. The first-order valence-electron chi connectivity index (χ1n) is 7.81. The van der Waals surface area contributed by atoms with Crippen LogP contribution < -0.4 is 5.32 Å². The third-order valence-corrected chi connectivity index (χ3v) is 3.61. The van der Waals surface area contributed by atoms with Gasteiger partial charge in [0.15, 0.2) is 0 Å². The van der Waals surface area contributed by atoms with Crippen LogP contribution in [-0.2, 0) is 4.79 Å². The van der Waals surface area contributed by atoms with E-state index in [0.717, 1.165) is 11.1 Å². The lowest BCUT2D eigenvalue weighted by molar-refractivity contribution is -0.112. The van der Waals surface area contributed by atoms with Gasteiger partial charge >= 0.3 is 0 Å². The number of anilines is 1. The van der Waals surface area contributed by atoms with Gasteiger partial charge in [0.05, 0.1) is 0 Å². The summed E-state index contributed by atoms with van der Waals surface area (Å²) in [6, 6.07) is 22.5. The van der Waals surface area contributed by atoms with E-state index in [2.05, 4.69) is 5.32 Å². The highest BCUT2D eigenvalue weighted by Gasteiger charge is 2.11. The number of nitrogens with zero attached hydrogens (tertiary/aromatic N) is 1. The van der Waals surface area contributed by atoms with Crippen LogP contribution >= 0.6 is 0 Å². The Morgan fingerprint density at radius 1 is 1.08 bits per heavy atom. The van der Waals surface area contributed by atoms with Gasteiger partial charge < -0.3 is 9.73 Å². The molecule has 0 aliphatic heterocycles. The van der Waals surface area contributed by atoms with Gasteiger partial charge in [-0.25, -0.2) is 0 Å². The molecule has 0 saturated heterocycles. The molecule has 3 aromatic rings. The van der Waals surface area contributed by atoms with Gasteiger partial charge in [-0.1, -0.05) is 42.5 Å². The van der Waals surface area contributed by atoms with Crippen LogP contribution in [0, 0.1) is 18.3 Å². The van der Waals surface area contributed by atoms with E-state index in [1.165, 1.54) is 6.08 Å². The molecule has 0 unspecified atom stereocenters. The predicted octanol–water partition coefficient (Wildman–Crippen LogP) is 4.80. The summed E-state index contributed by atoms with van der Waals surface area (Å²) in [6.07, 6.45) is 1.44. The second kappa shape index (κ2) is 7.33. The van der Waals surface area contributed by atoms with Gasteiger partial charge in [0.2, 0.25) is 0 Å². The topological polar surface area (TPSA) is 66.0 Å². The Kier molecular flexibility index (Phi) is 4.77. The monoisotopic (exact) mass is 328 g/mol. The molecule has 4 nitrogen and oxygen atoms in total. The minimum Gasteiger partial charge on any atom is -0.457 e. The average molecular weight is 328 g/mol. The van der Waals surface area contributed by atoms with Crippen molar-refractivity contribution in [1.29, 1.82) is 5.26 Å². The number of nitrogens with one attached hydrogen (secondary N) is 1. The minimum absolute atomic E-state index is 0.0181. The third kappa shape index (κ3) is 4.04. The molecular weight excluding hydrogens is 312 g/mol. The highest BCUT2D eigenvalue weighted by molar-refractivity contribution is 6.09. The van der Waals surface area contributed by atoms with Crippen LogP contribution in [0.3, 0.4) is 0 Å². The van der Waals surface area contributed by atoms with Crippen molar-refractivity contribution in [3.63, 3.8) is 0 Å². The Balaban J connectivity index is 1.80. The van der Waals surface area contributed by atoms with Crippen molar-refractivity contribution in [3.05, 3.63) is 83.6 Å². The van der Waals surface area contributed by atoms with Gasteiger partial charge in [0.1, 0.15) is 23.2 Å². The van der Waals surface area contributed by atoms with Crippen LogP contribution in [0.4, 0.5) is 5.69 Å². The lowest BCUT2D eigenvalue weighted by Gasteiger charge is -2.04. The largest absolute Gasteiger partial charge is 0.457 e. The van der Waals surface area contributed by atoms with Crippen molar-refractivity contribution in [3.8, 4) is 17.4 Å². The SMILES string of the molecule is Cc1cccc(NC(=O)C(C#N)=Cc2ccc(-c3ccccc3)o2)c1. The van der Waals surface area contributed by atoms with E-state index in [1.807, 2.05) is 67.6 Å². The molecule has 0 aliphatic rings. The molecule has 0 radical (unpaired) electrons. The van der Waals surface area contributed by atoms with Crippen molar-refractivity contribution in [2.45, 2.75) is 6.92 Å². The van der Waals surface area contributed by atoms with E-state index >= 15 is 0 Å². The molecule has 25 heavy (non-hydrogen) atoms. The number of benzene rings is 2. The summed E-state index contributed by atoms with van der Waals surface area (Å²) in [4.78, 5) is 12.3. The third-order valence-electron chi connectivity index (χ3n) is 3.61. The van der Waals surface area contributed by atoms with Crippen LogP contribution in [0.15, 0.2) is 76.7 Å². The Labute approximate surface area is 146 Å². The summed E-state index contributed by atoms with van der Waals surface area (Å²) < 4.78 is 5.71. The summed E-state index contributed by atoms with van der Waals surface area (Å²) >= 11 is 0. The van der Waals surface area contributed by atoms with Gasteiger partial charge in [0.25, 0.3) is 5.91 Å². The Morgan fingerprint density at radius 3 is 2.60 bits per heavy atom. The summed E-state index contributed by atoms with van der Waals surface area (Å²) in [5, 5.41) is 12.0. The zero-order chi connectivity index (χ0) is 17.6. The zero-order valence-electron chi connectivity index (χ0n) is 13.7. The van der Waals surface area contributed by atoms with Crippen molar-refractivity contribution < 1.29 is 9.21 Å². The predicted molar refractivity (Wildman–Crippen MR) is 97.5 cm³/mol. The molecule has 0 fully saturated rings. The van der Waals surface area contributed by atoms with E-state index in [-0.39, 0.29) is 5.57 Å². The fourth-order valence-corrected chi connectivity index (χ4v) is 2.40. The number of amides is 1. The number of carbonyl (C=O) groups is 1. The molecular formula is C21H16N2O2. The van der Waals surface area contributed by atoms with Gasteiger partial charge in [-0.15, -0.1) is 0 Å². The molecule has 1 N–H and O–H groups in total.